The van der Waals surface area contributed by atoms with E-state index in [4.69, 9.17) is 9.84 Å². The second-order valence-corrected chi connectivity index (χ2v) is 3.48. The van der Waals surface area contributed by atoms with E-state index < -0.39 is 0 Å². The summed E-state index contributed by atoms with van der Waals surface area (Å²) in [7, 11) is 1.67. The largest absolute Gasteiger partial charge is 0.495 e. The van der Waals surface area contributed by atoms with Crippen LogP contribution in [0.4, 0.5) is 5.69 Å². The molecule has 3 heteroatoms. The van der Waals surface area contributed by atoms with Gasteiger partial charge in [-0.15, -0.1) is 0 Å². The van der Waals surface area contributed by atoms with Gasteiger partial charge in [0.25, 0.3) is 0 Å². The first-order valence-electron chi connectivity index (χ1n) is 5.23. The van der Waals surface area contributed by atoms with Crippen LogP contribution in [0.3, 0.4) is 0 Å². The summed E-state index contributed by atoms with van der Waals surface area (Å²) >= 11 is 0. The van der Waals surface area contributed by atoms with E-state index >= 15 is 0 Å². The van der Waals surface area contributed by atoms with Crippen molar-refractivity contribution in [2.45, 2.75) is 13.8 Å². The standard InChI is InChI=1S/C12H19NO2/c1-4-13(7-8-14)11-9-10(2)5-6-12(11)15-3/h5-6,9,14H,4,7-8H2,1-3H3. The van der Waals surface area contributed by atoms with Crippen molar-refractivity contribution in [2.24, 2.45) is 0 Å². The van der Waals surface area contributed by atoms with Crippen LogP contribution in [0.2, 0.25) is 0 Å². The van der Waals surface area contributed by atoms with Crippen LogP contribution in [-0.2, 0) is 0 Å². The first-order valence-corrected chi connectivity index (χ1v) is 5.23. The molecular formula is C12H19NO2. The van der Waals surface area contributed by atoms with Gasteiger partial charge in [0.2, 0.25) is 0 Å². The van der Waals surface area contributed by atoms with Crippen LogP contribution in [0.15, 0.2) is 18.2 Å². The minimum Gasteiger partial charge on any atom is -0.495 e. The Morgan fingerprint density at radius 2 is 2.13 bits per heavy atom. The second kappa shape index (κ2) is 5.61. The number of aliphatic hydroxyl groups is 1. The molecule has 0 amide bonds. The Labute approximate surface area is 91.3 Å². The number of hydrogen-bond acceptors (Lipinski definition) is 3. The fraction of sp³-hybridized carbons (Fsp3) is 0.500. The minimum absolute atomic E-state index is 0.158. The molecule has 0 saturated carbocycles. The summed E-state index contributed by atoms with van der Waals surface area (Å²) in [6.45, 7) is 5.77. The minimum atomic E-state index is 0.158. The zero-order valence-corrected chi connectivity index (χ0v) is 9.66. The van der Waals surface area contributed by atoms with Crippen LogP contribution < -0.4 is 9.64 Å². The number of likely N-dealkylation sites (N-methyl/N-ethyl adjacent to an activating group) is 1. The SMILES string of the molecule is CCN(CCO)c1cc(C)ccc1OC. The monoisotopic (exact) mass is 209 g/mol. The van der Waals surface area contributed by atoms with Crippen molar-refractivity contribution < 1.29 is 9.84 Å². The molecule has 1 rings (SSSR count). The average Bonchev–Trinajstić information content (AvgIpc) is 2.26. The molecule has 0 spiro atoms. The van der Waals surface area contributed by atoms with E-state index in [-0.39, 0.29) is 6.61 Å². The lowest BCUT2D eigenvalue weighted by Crippen LogP contribution is -2.26. The van der Waals surface area contributed by atoms with Crippen molar-refractivity contribution in [1.82, 2.24) is 0 Å². The lowest BCUT2D eigenvalue weighted by molar-refractivity contribution is 0.302. The van der Waals surface area contributed by atoms with Gasteiger partial charge in [-0.3, -0.25) is 0 Å². The molecule has 0 atom stereocenters. The van der Waals surface area contributed by atoms with Crippen molar-refractivity contribution in [3.8, 4) is 5.75 Å². The van der Waals surface area contributed by atoms with E-state index in [1.807, 2.05) is 12.1 Å². The summed E-state index contributed by atoms with van der Waals surface area (Å²) in [5.74, 6) is 0.857. The van der Waals surface area contributed by atoms with E-state index in [1.165, 1.54) is 5.56 Å². The zero-order chi connectivity index (χ0) is 11.3. The first-order chi connectivity index (χ1) is 7.22. The molecular weight excluding hydrogens is 190 g/mol. The summed E-state index contributed by atoms with van der Waals surface area (Å²) in [5.41, 5.74) is 2.25. The molecule has 0 aliphatic rings. The third-order valence-electron chi connectivity index (χ3n) is 2.43. The van der Waals surface area contributed by atoms with Gasteiger partial charge in [-0.2, -0.15) is 0 Å². The molecule has 1 aromatic rings. The number of hydrogen-bond donors (Lipinski definition) is 1. The van der Waals surface area contributed by atoms with Gasteiger partial charge in [-0.05, 0) is 31.5 Å². The molecule has 0 fully saturated rings. The summed E-state index contributed by atoms with van der Waals surface area (Å²) in [6.07, 6.45) is 0. The predicted molar refractivity (Wildman–Crippen MR) is 62.7 cm³/mol. The number of nitrogens with zero attached hydrogens (tertiary/aromatic N) is 1. The molecule has 0 unspecified atom stereocenters. The summed E-state index contributed by atoms with van der Waals surface area (Å²) in [4.78, 5) is 2.10. The molecule has 0 aliphatic carbocycles. The van der Waals surface area contributed by atoms with E-state index in [9.17, 15) is 0 Å². The maximum Gasteiger partial charge on any atom is 0.142 e. The summed E-state index contributed by atoms with van der Waals surface area (Å²) < 4.78 is 5.31. The quantitative estimate of drug-likeness (QED) is 0.803. The molecule has 0 radical (unpaired) electrons. The van der Waals surface area contributed by atoms with Gasteiger partial charge in [0.05, 0.1) is 19.4 Å². The lowest BCUT2D eigenvalue weighted by Gasteiger charge is -2.24. The van der Waals surface area contributed by atoms with Crippen molar-refractivity contribution in [3.05, 3.63) is 23.8 Å². The lowest BCUT2D eigenvalue weighted by atomic mass is 10.2. The third-order valence-corrected chi connectivity index (χ3v) is 2.43. The summed E-state index contributed by atoms with van der Waals surface area (Å²) in [5, 5.41) is 8.98. The van der Waals surface area contributed by atoms with Crippen molar-refractivity contribution in [2.75, 3.05) is 31.7 Å². The normalized spacial score (nSPS) is 10.1. The molecule has 15 heavy (non-hydrogen) atoms. The highest BCUT2D eigenvalue weighted by Crippen LogP contribution is 2.28. The van der Waals surface area contributed by atoms with Gasteiger partial charge in [-0.25, -0.2) is 0 Å². The second-order valence-electron chi connectivity index (χ2n) is 3.48. The smallest absolute Gasteiger partial charge is 0.142 e. The Bertz CT molecular complexity index is 312. The number of anilines is 1. The van der Waals surface area contributed by atoms with Crippen molar-refractivity contribution in [1.29, 1.82) is 0 Å². The van der Waals surface area contributed by atoms with Gasteiger partial charge in [0, 0.05) is 13.1 Å². The van der Waals surface area contributed by atoms with Crippen molar-refractivity contribution in [3.63, 3.8) is 0 Å². The van der Waals surface area contributed by atoms with Crippen LogP contribution in [0.25, 0.3) is 0 Å². The maximum atomic E-state index is 8.98. The van der Waals surface area contributed by atoms with Gasteiger partial charge < -0.3 is 14.7 Å². The summed E-state index contributed by atoms with van der Waals surface area (Å²) in [6, 6.07) is 6.07. The van der Waals surface area contributed by atoms with E-state index in [2.05, 4.69) is 24.8 Å². The highest BCUT2D eigenvalue weighted by molar-refractivity contribution is 5.60. The topological polar surface area (TPSA) is 32.7 Å². The van der Waals surface area contributed by atoms with Crippen LogP contribution >= 0.6 is 0 Å². The van der Waals surface area contributed by atoms with Gasteiger partial charge in [0.1, 0.15) is 5.75 Å². The number of rotatable bonds is 5. The van der Waals surface area contributed by atoms with Crippen molar-refractivity contribution >= 4 is 5.69 Å². The van der Waals surface area contributed by atoms with Crippen LogP contribution in [0.1, 0.15) is 12.5 Å². The molecule has 0 aromatic heterocycles. The van der Waals surface area contributed by atoms with Gasteiger partial charge in [-0.1, -0.05) is 6.07 Å². The van der Waals surface area contributed by atoms with Gasteiger partial charge >= 0.3 is 0 Å². The molecule has 84 valence electrons. The molecule has 1 aromatic carbocycles. The number of aryl methyl sites for hydroxylation is 1. The number of ether oxygens (including phenoxy) is 1. The maximum absolute atomic E-state index is 8.98. The fourth-order valence-electron chi connectivity index (χ4n) is 1.62. The Morgan fingerprint density at radius 1 is 1.40 bits per heavy atom. The van der Waals surface area contributed by atoms with Crippen LogP contribution in [-0.4, -0.2) is 31.9 Å². The first kappa shape index (κ1) is 11.9. The van der Waals surface area contributed by atoms with Crippen LogP contribution in [0, 0.1) is 6.92 Å². The molecule has 0 saturated heterocycles. The fourth-order valence-corrected chi connectivity index (χ4v) is 1.62. The Balaban J connectivity index is 3.02. The van der Waals surface area contributed by atoms with E-state index in [0.717, 1.165) is 18.0 Å². The molecule has 0 aliphatic heterocycles. The Morgan fingerprint density at radius 3 is 2.67 bits per heavy atom. The molecule has 0 bridgehead atoms. The Hall–Kier alpha value is -1.22. The number of methoxy groups -OCH3 is 1. The third kappa shape index (κ3) is 2.86. The zero-order valence-electron chi connectivity index (χ0n) is 9.66. The van der Waals surface area contributed by atoms with E-state index in [1.54, 1.807) is 7.11 Å². The Kier molecular flexibility index (Phi) is 4.43. The highest BCUT2D eigenvalue weighted by atomic mass is 16.5. The van der Waals surface area contributed by atoms with Crippen LogP contribution in [0.5, 0.6) is 5.75 Å². The number of aliphatic hydroxyl groups excluding tert-OH is 1. The molecule has 0 heterocycles. The van der Waals surface area contributed by atoms with Gasteiger partial charge in [0.15, 0.2) is 0 Å². The average molecular weight is 209 g/mol. The van der Waals surface area contributed by atoms with E-state index in [0.29, 0.717) is 6.54 Å². The highest BCUT2D eigenvalue weighted by Gasteiger charge is 2.09. The molecule has 1 N–H and O–H groups in total. The number of benzene rings is 1. The molecule has 3 nitrogen and oxygen atoms in total. The predicted octanol–water partition coefficient (Wildman–Crippen LogP) is 1.82.